The van der Waals surface area contributed by atoms with Crippen molar-refractivity contribution in [3.05, 3.63) is 85.5 Å². The number of non-ortho nitro benzene ring substituents is 1. The van der Waals surface area contributed by atoms with E-state index in [2.05, 4.69) is 10.1 Å². The molecule has 2 aromatic carbocycles. The van der Waals surface area contributed by atoms with E-state index in [1.807, 2.05) is 0 Å². The van der Waals surface area contributed by atoms with E-state index in [9.17, 15) is 19.7 Å². The van der Waals surface area contributed by atoms with Crippen LogP contribution in [0.15, 0.2) is 64.2 Å². The average Bonchev–Trinajstić information content (AvgIpc) is 2.56. The monoisotopic (exact) mass is 310 g/mol. The molecule has 0 fully saturated rings. The lowest BCUT2D eigenvalue weighted by Gasteiger charge is -2.06. The normalized spacial score (nSPS) is 10.4. The first-order valence-electron chi connectivity index (χ1n) is 6.60. The molecule has 0 radical (unpaired) electrons. The third-order valence-corrected chi connectivity index (χ3v) is 3.18. The lowest BCUT2D eigenvalue weighted by Crippen LogP contribution is -2.32. The lowest BCUT2D eigenvalue weighted by atomic mass is 10.2. The molecule has 0 saturated carbocycles. The van der Waals surface area contributed by atoms with Crippen LogP contribution in [-0.4, -0.2) is 19.7 Å². The molecule has 1 heterocycles. The van der Waals surface area contributed by atoms with E-state index in [4.69, 9.17) is 0 Å². The van der Waals surface area contributed by atoms with E-state index >= 15 is 0 Å². The van der Waals surface area contributed by atoms with Crippen LogP contribution in [-0.2, 0) is 0 Å². The molecule has 0 aliphatic heterocycles. The summed E-state index contributed by atoms with van der Waals surface area (Å²) in [4.78, 5) is 36.2. The smallest absolute Gasteiger partial charge is 0.271 e. The van der Waals surface area contributed by atoms with E-state index in [0.717, 1.165) is 4.68 Å². The van der Waals surface area contributed by atoms with Crippen molar-refractivity contribution in [2.45, 2.75) is 0 Å². The van der Waals surface area contributed by atoms with Crippen LogP contribution in [0, 0.1) is 10.1 Å². The molecule has 3 rings (SSSR count). The van der Waals surface area contributed by atoms with Crippen LogP contribution in [0.4, 0.5) is 5.69 Å². The quantitative estimate of drug-likeness (QED) is 0.582. The number of aromatic amines is 1. The van der Waals surface area contributed by atoms with Gasteiger partial charge in [-0.1, -0.05) is 30.3 Å². The fourth-order valence-corrected chi connectivity index (χ4v) is 2.08. The summed E-state index contributed by atoms with van der Waals surface area (Å²) in [5.74, 6) is 0. The summed E-state index contributed by atoms with van der Waals surface area (Å²) in [6.45, 7) is 0. The van der Waals surface area contributed by atoms with Crippen LogP contribution in [0.2, 0.25) is 0 Å². The van der Waals surface area contributed by atoms with Gasteiger partial charge in [-0.05, 0) is 12.1 Å². The molecule has 0 aliphatic rings. The van der Waals surface area contributed by atoms with Gasteiger partial charge in [-0.25, -0.2) is 4.79 Å². The lowest BCUT2D eigenvalue weighted by molar-refractivity contribution is -0.384. The van der Waals surface area contributed by atoms with Crippen LogP contribution in [0.25, 0.3) is 16.9 Å². The Hall–Kier alpha value is -3.55. The summed E-state index contributed by atoms with van der Waals surface area (Å²) >= 11 is 0. The van der Waals surface area contributed by atoms with Crippen molar-refractivity contribution in [2.24, 2.45) is 0 Å². The Labute approximate surface area is 128 Å². The van der Waals surface area contributed by atoms with E-state index in [1.165, 1.54) is 24.3 Å². The number of nitro groups is 1. The second-order valence-electron chi connectivity index (χ2n) is 4.66. The zero-order chi connectivity index (χ0) is 16.4. The van der Waals surface area contributed by atoms with Crippen molar-refractivity contribution in [1.29, 1.82) is 0 Å². The number of hydrogen-bond acceptors (Lipinski definition) is 5. The SMILES string of the molecule is O=c1[nH]c(=O)n(-c2ccc([N+](=O)[O-])cc2)nc1-c1ccccc1. The minimum absolute atomic E-state index is 0.0866. The predicted octanol–water partition coefficient (Wildman–Crippen LogP) is 1.50. The molecule has 0 atom stereocenters. The highest BCUT2D eigenvalue weighted by Crippen LogP contribution is 2.15. The Morgan fingerprint density at radius 1 is 1.00 bits per heavy atom. The van der Waals surface area contributed by atoms with Gasteiger partial charge in [0.25, 0.3) is 11.2 Å². The summed E-state index contributed by atoms with van der Waals surface area (Å²) < 4.78 is 0.994. The molecule has 0 spiro atoms. The van der Waals surface area contributed by atoms with E-state index in [0.29, 0.717) is 11.3 Å². The van der Waals surface area contributed by atoms with Crippen LogP contribution >= 0.6 is 0 Å². The molecule has 0 aliphatic carbocycles. The number of hydrogen-bond donors (Lipinski definition) is 1. The van der Waals surface area contributed by atoms with Gasteiger partial charge in [0, 0.05) is 17.7 Å². The van der Waals surface area contributed by atoms with Gasteiger partial charge < -0.3 is 0 Å². The van der Waals surface area contributed by atoms with Gasteiger partial charge in [0.2, 0.25) is 0 Å². The molecular weight excluding hydrogens is 300 g/mol. The third-order valence-electron chi connectivity index (χ3n) is 3.18. The van der Waals surface area contributed by atoms with Crippen LogP contribution in [0.5, 0.6) is 0 Å². The second-order valence-corrected chi connectivity index (χ2v) is 4.66. The average molecular weight is 310 g/mol. The Morgan fingerprint density at radius 3 is 2.26 bits per heavy atom. The highest BCUT2D eigenvalue weighted by molar-refractivity contribution is 5.57. The first-order valence-corrected chi connectivity index (χ1v) is 6.60. The zero-order valence-corrected chi connectivity index (χ0v) is 11.7. The molecule has 1 aromatic heterocycles. The fourth-order valence-electron chi connectivity index (χ4n) is 2.08. The molecule has 8 heteroatoms. The highest BCUT2D eigenvalue weighted by Gasteiger charge is 2.11. The Morgan fingerprint density at radius 2 is 1.65 bits per heavy atom. The molecule has 0 bridgehead atoms. The Balaban J connectivity index is 2.15. The van der Waals surface area contributed by atoms with Crippen molar-refractivity contribution in [2.75, 3.05) is 0 Å². The number of nitrogens with one attached hydrogen (secondary N) is 1. The van der Waals surface area contributed by atoms with Gasteiger partial charge in [0.1, 0.15) is 0 Å². The number of H-pyrrole nitrogens is 1. The minimum atomic E-state index is -0.719. The highest BCUT2D eigenvalue weighted by atomic mass is 16.6. The molecule has 1 N–H and O–H groups in total. The summed E-state index contributed by atoms with van der Waals surface area (Å²) in [6, 6.07) is 14.0. The molecule has 0 saturated heterocycles. The number of benzene rings is 2. The Bertz CT molecular complexity index is 975. The number of nitro benzene ring substituents is 1. The molecule has 0 amide bonds. The van der Waals surface area contributed by atoms with Crippen LogP contribution in [0.1, 0.15) is 0 Å². The van der Waals surface area contributed by atoms with Crippen molar-refractivity contribution < 1.29 is 4.92 Å². The number of nitrogens with zero attached hydrogens (tertiary/aromatic N) is 3. The maximum atomic E-state index is 12.0. The zero-order valence-electron chi connectivity index (χ0n) is 11.7. The van der Waals surface area contributed by atoms with Gasteiger partial charge in [0.05, 0.1) is 10.6 Å². The van der Waals surface area contributed by atoms with Crippen molar-refractivity contribution >= 4 is 5.69 Å². The Kier molecular flexibility index (Phi) is 3.55. The second kappa shape index (κ2) is 5.68. The summed E-state index contributed by atoms with van der Waals surface area (Å²) in [5, 5.41) is 14.8. The molecule has 114 valence electrons. The predicted molar refractivity (Wildman–Crippen MR) is 82.5 cm³/mol. The summed E-state index contributed by atoms with van der Waals surface area (Å²) in [5.41, 5.74) is -0.459. The van der Waals surface area contributed by atoms with Gasteiger partial charge in [-0.2, -0.15) is 9.78 Å². The number of aromatic nitrogens is 3. The van der Waals surface area contributed by atoms with E-state index in [1.54, 1.807) is 30.3 Å². The standard InChI is InChI=1S/C15H10N4O4/c20-14-13(10-4-2-1-3-5-10)17-18(15(21)16-14)11-6-8-12(9-7-11)19(22)23/h1-9H,(H,16,20,21). The van der Waals surface area contributed by atoms with Gasteiger partial charge in [0.15, 0.2) is 5.69 Å². The molecule has 8 nitrogen and oxygen atoms in total. The fraction of sp³-hybridized carbons (Fsp3) is 0. The first kappa shape index (κ1) is 14.4. The maximum Gasteiger partial charge on any atom is 0.349 e. The van der Waals surface area contributed by atoms with Gasteiger partial charge in [-0.15, -0.1) is 0 Å². The largest absolute Gasteiger partial charge is 0.349 e. The van der Waals surface area contributed by atoms with Gasteiger partial charge >= 0.3 is 5.69 Å². The molecule has 3 aromatic rings. The summed E-state index contributed by atoms with van der Waals surface area (Å²) in [7, 11) is 0. The third kappa shape index (κ3) is 2.77. The maximum absolute atomic E-state index is 12.0. The summed E-state index contributed by atoms with van der Waals surface area (Å²) in [6.07, 6.45) is 0. The van der Waals surface area contributed by atoms with E-state index in [-0.39, 0.29) is 11.4 Å². The van der Waals surface area contributed by atoms with Crippen molar-refractivity contribution in [3.8, 4) is 16.9 Å². The molecular formula is C15H10N4O4. The molecule has 0 unspecified atom stereocenters. The first-order chi connectivity index (χ1) is 11.1. The van der Waals surface area contributed by atoms with Crippen LogP contribution in [0.3, 0.4) is 0 Å². The van der Waals surface area contributed by atoms with Crippen molar-refractivity contribution in [1.82, 2.24) is 14.8 Å². The topological polar surface area (TPSA) is 111 Å². The van der Waals surface area contributed by atoms with E-state index < -0.39 is 16.2 Å². The minimum Gasteiger partial charge on any atom is -0.271 e. The van der Waals surface area contributed by atoms with Crippen LogP contribution < -0.4 is 11.2 Å². The van der Waals surface area contributed by atoms with Crippen molar-refractivity contribution in [3.63, 3.8) is 0 Å². The molecule has 23 heavy (non-hydrogen) atoms. The number of rotatable bonds is 3. The van der Waals surface area contributed by atoms with Gasteiger partial charge in [-0.3, -0.25) is 19.9 Å².